The fraction of sp³-hybridized carbons (Fsp3) is 0.263. The number of benzene rings is 2. The number of rotatable bonds is 6. The van der Waals surface area contributed by atoms with Crippen LogP contribution >= 0.6 is 0 Å². The Morgan fingerprint density at radius 2 is 0.857 bits per heavy atom. The molecular formula is C38H30F4N2O4Ti. The van der Waals surface area contributed by atoms with Crippen LogP contribution in [0.4, 0.5) is 17.6 Å². The predicted octanol–water partition coefficient (Wildman–Crippen LogP) is 6.74. The quantitative estimate of drug-likeness (QED) is 0.165. The van der Waals surface area contributed by atoms with Gasteiger partial charge in [-0.3, -0.25) is 0 Å². The van der Waals surface area contributed by atoms with Crippen LogP contribution in [0.1, 0.15) is 57.9 Å². The van der Waals surface area contributed by atoms with E-state index in [-0.39, 0.29) is 45.5 Å². The monoisotopic (exact) mass is 702 g/mol. The molecule has 0 saturated carbocycles. The first-order valence-corrected chi connectivity index (χ1v) is 19.6. The van der Waals surface area contributed by atoms with Gasteiger partial charge in [-0.25, -0.2) is 0 Å². The Labute approximate surface area is 282 Å². The fourth-order valence-corrected chi connectivity index (χ4v) is 17.2. The summed E-state index contributed by atoms with van der Waals surface area (Å²) in [4.78, 5) is 0. The van der Waals surface area contributed by atoms with E-state index in [4.69, 9.17) is 18.9 Å². The van der Waals surface area contributed by atoms with Crippen molar-refractivity contribution in [2.75, 3.05) is 0 Å². The first-order chi connectivity index (χ1) is 24.0. The van der Waals surface area contributed by atoms with Gasteiger partial charge in [0.05, 0.1) is 0 Å². The van der Waals surface area contributed by atoms with Crippen molar-refractivity contribution < 1.29 is 53.1 Å². The van der Waals surface area contributed by atoms with Gasteiger partial charge in [0.15, 0.2) is 0 Å². The van der Waals surface area contributed by atoms with Gasteiger partial charge < -0.3 is 0 Å². The molecule has 6 aliphatic rings. The van der Waals surface area contributed by atoms with E-state index in [1.807, 2.05) is 36.5 Å². The molecule has 0 saturated heterocycles. The van der Waals surface area contributed by atoms with Crippen LogP contribution in [-0.2, 0) is 88.4 Å². The van der Waals surface area contributed by atoms with Crippen molar-refractivity contribution >= 4 is 7.74 Å². The van der Waals surface area contributed by atoms with Gasteiger partial charge in [-0.05, 0) is 0 Å². The summed E-state index contributed by atoms with van der Waals surface area (Å²) < 4.78 is 96.9. The summed E-state index contributed by atoms with van der Waals surface area (Å²) in [6.07, 6.45) is 11.7. The minimum absolute atomic E-state index is 0.130. The number of nitrogens with zero attached hydrogens (tertiary/aromatic N) is 2. The topological polar surface area (TPSA) is 46.8 Å². The number of fused-ring (bicyclic) bond motifs is 6. The van der Waals surface area contributed by atoms with Crippen LogP contribution in [0.15, 0.2) is 68.5 Å². The molecule has 6 nitrogen and oxygen atoms in total. The molecule has 11 heteroatoms. The third-order valence-electron chi connectivity index (χ3n) is 11.0. The molecule has 2 aliphatic carbocycles. The summed E-state index contributed by atoms with van der Waals surface area (Å²) in [6, 6.07) is 5.36. The summed E-state index contributed by atoms with van der Waals surface area (Å²) in [5.74, 6) is -3.26. The Bertz CT molecular complexity index is 2040. The third-order valence-corrected chi connectivity index (χ3v) is 19.0. The van der Waals surface area contributed by atoms with Crippen LogP contribution in [0.2, 0.25) is 0 Å². The molecular weight excluding hydrogens is 672 g/mol. The molecule has 0 unspecified atom stereocenters. The number of hydrogen-bond donors (Lipinski definition) is 0. The summed E-state index contributed by atoms with van der Waals surface area (Å²) in [6.45, 7) is 2.63. The molecule has 4 aromatic rings. The van der Waals surface area contributed by atoms with E-state index in [9.17, 15) is 0 Å². The Balaban J connectivity index is 1.29. The maximum atomic E-state index is 17.8. The molecule has 4 aliphatic heterocycles. The van der Waals surface area contributed by atoms with Gasteiger partial charge in [-0.15, -0.1) is 0 Å². The number of hydrogen-bond acceptors (Lipinski definition) is 4. The van der Waals surface area contributed by atoms with Gasteiger partial charge in [0.25, 0.3) is 0 Å². The third kappa shape index (κ3) is 4.01. The van der Waals surface area contributed by atoms with Crippen molar-refractivity contribution in [2.24, 2.45) is 0 Å². The van der Waals surface area contributed by atoms with Crippen LogP contribution in [0.25, 0.3) is 11.4 Å². The Hall–Kier alpha value is -3.77. The second-order valence-electron chi connectivity index (χ2n) is 13.3. The van der Waals surface area contributed by atoms with Crippen molar-refractivity contribution in [3.05, 3.63) is 137 Å². The van der Waals surface area contributed by atoms with Gasteiger partial charge in [0.1, 0.15) is 0 Å². The van der Waals surface area contributed by atoms with E-state index in [0.29, 0.717) is 47.0 Å². The van der Waals surface area contributed by atoms with Gasteiger partial charge in [-0.1, -0.05) is 0 Å². The Morgan fingerprint density at radius 3 is 1.18 bits per heavy atom. The molecule has 0 spiro atoms. The van der Waals surface area contributed by atoms with E-state index < -0.39 is 39.9 Å². The summed E-state index contributed by atoms with van der Waals surface area (Å²) >= 11 is -5.12. The van der Waals surface area contributed by atoms with Crippen molar-refractivity contribution in [1.29, 1.82) is 0 Å². The zero-order valence-electron chi connectivity index (χ0n) is 26.4. The molecule has 0 atom stereocenters. The average Bonchev–Trinajstić information content (AvgIpc) is 3.94. The SMILES string of the molecule is Fc1ccc(-n2c3c(c4c2COC4)COC3)c(F)[c]1[Ti]([C]1=CC=CC1)([C]1=CC=CC1)[c]1c(F)ccc(-n2c3c(c4c2COC4)COC3)c1F. The van der Waals surface area contributed by atoms with Crippen LogP contribution < -0.4 is 7.74 Å². The summed E-state index contributed by atoms with van der Waals surface area (Å²) in [5, 5.41) is 0. The average molecular weight is 703 g/mol. The van der Waals surface area contributed by atoms with E-state index in [1.54, 1.807) is 9.13 Å². The molecule has 6 heterocycles. The van der Waals surface area contributed by atoms with Gasteiger partial charge >= 0.3 is 284 Å². The zero-order valence-corrected chi connectivity index (χ0v) is 27.9. The predicted molar refractivity (Wildman–Crippen MR) is 168 cm³/mol. The Morgan fingerprint density at radius 1 is 0.490 bits per heavy atom. The standard InChI is InChI=1S/2C14H10F2NO2.2C5H5.Ti/c2*15-8-1-2-12(11(16)3-8)17-13-6-18-4-9(13)10-5-19-7-14(10)17;2*1-2-4-5-3-1;/h2*1-2H,4-7H2;2*1-3H,4H2;. The van der Waals surface area contributed by atoms with Crippen LogP contribution in [-0.4, -0.2) is 9.13 Å². The number of halogens is 4. The molecule has 2 aromatic carbocycles. The molecule has 10 rings (SSSR count). The molecule has 0 bridgehead atoms. The number of ether oxygens (including phenoxy) is 4. The molecule has 49 heavy (non-hydrogen) atoms. The van der Waals surface area contributed by atoms with Crippen molar-refractivity contribution in [3.63, 3.8) is 0 Å². The van der Waals surface area contributed by atoms with E-state index >= 15 is 17.6 Å². The van der Waals surface area contributed by atoms with Crippen molar-refractivity contribution in [1.82, 2.24) is 9.13 Å². The fourth-order valence-electron chi connectivity index (χ4n) is 8.97. The van der Waals surface area contributed by atoms with Crippen molar-refractivity contribution in [2.45, 2.75) is 65.7 Å². The first-order valence-electron chi connectivity index (χ1n) is 16.5. The molecule has 0 N–H and O–H groups in total. The van der Waals surface area contributed by atoms with Crippen molar-refractivity contribution in [3.8, 4) is 11.4 Å². The number of allylic oxidation sites excluding steroid dienone is 8. The maximum absolute atomic E-state index is 17.8. The van der Waals surface area contributed by atoms with Gasteiger partial charge in [0.2, 0.25) is 0 Å². The zero-order chi connectivity index (χ0) is 33.0. The molecule has 0 amide bonds. The van der Waals surface area contributed by atoms with Gasteiger partial charge in [-0.2, -0.15) is 0 Å². The van der Waals surface area contributed by atoms with E-state index in [2.05, 4.69) is 0 Å². The molecule has 0 fully saturated rings. The first kappa shape index (κ1) is 30.1. The molecule has 0 radical (unpaired) electrons. The summed E-state index contributed by atoms with van der Waals surface area (Å²) in [7, 11) is 0. The second-order valence-corrected chi connectivity index (χ2v) is 19.2. The van der Waals surface area contributed by atoms with E-state index in [1.165, 1.54) is 24.3 Å². The van der Waals surface area contributed by atoms with Crippen LogP contribution in [0.3, 0.4) is 0 Å². The van der Waals surface area contributed by atoms with E-state index in [0.717, 1.165) is 45.0 Å². The normalized spacial score (nSPS) is 18.8. The molecule has 2 aromatic heterocycles. The minimum atomic E-state index is -5.12. The van der Waals surface area contributed by atoms with Crippen LogP contribution in [0.5, 0.6) is 0 Å². The molecule has 248 valence electrons. The number of aromatic nitrogens is 2. The van der Waals surface area contributed by atoms with Gasteiger partial charge in [0, 0.05) is 0 Å². The Kier molecular flexibility index (Phi) is 6.83. The summed E-state index contributed by atoms with van der Waals surface area (Å²) in [5.41, 5.74) is 7.28. The van der Waals surface area contributed by atoms with Crippen LogP contribution in [0, 0.1) is 23.3 Å². The second kappa shape index (κ2) is 11.1.